The maximum Gasteiger partial charge on any atom is 0.340 e. The fourth-order valence-corrected chi connectivity index (χ4v) is 1.93. The van der Waals surface area contributed by atoms with E-state index in [0.717, 1.165) is 11.4 Å². The molecule has 0 spiro atoms. The molecule has 6 heteroatoms. The van der Waals surface area contributed by atoms with Crippen LogP contribution in [0.3, 0.4) is 0 Å². The van der Waals surface area contributed by atoms with Crippen LogP contribution in [-0.4, -0.2) is 22.4 Å². The van der Waals surface area contributed by atoms with Crippen LogP contribution < -0.4 is 11.1 Å². The molecule has 0 aliphatic heterocycles. The minimum absolute atomic E-state index is 0.317. The Morgan fingerprint density at radius 1 is 1.45 bits per heavy atom. The van der Waals surface area contributed by atoms with Gasteiger partial charge in [-0.25, -0.2) is 4.79 Å². The lowest BCUT2D eigenvalue weighted by molar-refractivity contribution is 0.0527. The average Bonchev–Trinajstić information content (AvgIpc) is 2.70. The van der Waals surface area contributed by atoms with Crippen LogP contribution in [0.4, 0.5) is 17.1 Å². The number of para-hydroxylation sites is 1. The number of carbonyl (C=O) groups excluding carboxylic acids is 1. The van der Waals surface area contributed by atoms with Crippen molar-refractivity contribution in [2.24, 2.45) is 7.05 Å². The molecule has 2 aromatic rings. The van der Waals surface area contributed by atoms with Gasteiger partial charge in [-0.05, 0) is 26.0 Å². The molecule has 1 heterocycles. The Morgan fingerprint density at radius 3 is 2.80 bits per heavy atom. The van der Waals surface area contributed by atoms with Crippen LogP contribution in [0.2, 0.25) is 0 Å². The van der Waals surface area contributed by atoms with Crippen LogP contribution in [0.15, 0.2) is 24.4 Å². The monoisotopic (exact) mass is 274 g/mol. The largest absolute Gasteiger partial charge is 0.462 e. The van der Waals surface area contributed by atoms with E-state index in [0.29, 0.717) is 23.5 Å². The summed E-state index contributed by atoms with van der Waals surface area (Å²) in [5, 5.41) is 7.43. The van der Waals surface area contributed by atoms with E-state index in [2.05, 4.69) is 10.4 Å². The van der Waals surface area contributed by atoms with Gasteiger partial charge in [0.2, 0.25) is 0 Å². The fourth-order valence-electron chi connectivity index (χ4n) is 1.93. The summed E-state index contributed by atoms with van der Waals surface area (Å²) in [5.74, 6) is -0.420. The number of nitrogens with one attached hydrogen (secondary N) is 1. The Kier molecular flexibility index (Phi) is 3.93. The highest BCUT2D eigenvalue weighted by atomic mass is 16.5. The number of anilines is 3. The van der Waals surface area contributed by atoms with Gasteiger partial charge in [-0.2, -0.15) is 5.10 Å². The molecule has 0 saturated carbocycles. The van der Waals surface area contributed by atoms with E-state index in [9.17, 15) is 4.79 Å². The Labute approximate surface area is 117 Å². The minimum atomic E-state index is -0.420. The first-order valence-corrected chi connectivity index (χ1v) is 6.35. The standard InChI is InChI=1S/C14H18N4O2/c1-4-20-14(19)10-6-5-7-11(13(10)15)16-12-8-18(3)17-9(12)2/h5-8,16H,4,15H2,1-3H3. The molecule has 1 aromatic heterocycles. The van der Waals surface area contributed by atoms with Crippen molar-refractivity contribution in [3.05, 3.63) is 35.7 Å². The Morgan fingerprint density at radius 2 is 2.20 bits per heavy atom. The molecule has 6 nitrogen and oxygen atoms in total. The van der Waals surface area contributed by atoms with Gasteiger partial charge < -0.3 is 15.8 Å². The van der Waals surface area contributed by atoms with Gasteiger partial charge in [0.15, 0.2) is 0 Å². The van der Waals surface area contributed by atoms with Crippen molar-refractivity contribution < 1.29 is 9.53 Å². The van der Waals surface area contributed by atoms with E-state index in [1.54, 1.807) is 23.7 Å². The highest BCUT2D eigenvalue weighted by molar-refractivity contribution is 5.98. The Hall–Kier alpha value is -2.50. The van der Waals surface area contributed by atoms with Crippen molar-refractivity contribution in [1.82, 2.24) is 9.78 Å². The number of benzene rings is 1. The maximum atomic E-state index is 11.8. The van der Waals surface area contributed by atoms with Gasteiger partial charge >= 0.3 is 5.97 Å². The molecule has 0 aliphatic rings. The lowest BCUT2D eigenvalue weighted by atomic mass is 10.1. The van der Waals surface area contributed by atoms with Crippen molar-refractivity contribution in [2.45, 2.75) is 13.8 Å². The predicted molar refractivity (Wildman–Crippen MR) is 78.0 cm³/mol. The first-order valence-electron chi connectivity index (χ1n) is 6.35. The predicted octanol–water partition coefficient (Wildman–Crippen LogP) is 2.23. The van der Waals surface area contributed by atoms with Crippen LogP contribution in [0, 0.1) is 6.92 Å². The number of ether oxygens (including phenoxy) is 1. The van der Waals surface area contributed by atoms with Gasteiger partial charge in [-0.15, -0.1) is 0 Å². The molecule has 1 aromatic carbocycles. The van der Waals surface area contributed by atoms with Crippen molar-refractivity contribution in [3.63, 3.8) is 0 Å². The van der Waals surface area contributed by atoms with Gasteiger partial charge in [0.1, 0.15) is 0 Å². The highest BCUT2D eigenvalue weighted by Gasteiger charge is 2.14. The third-order valence-electron chi connectivity index (χ3n) is 2.88. The minimum Gasteiger partial charge on any atom is -0.462 e. The number of carbonyl (C=O) groups is 1. The van der Waals surface area contributed by atoms with Gasteiger partial charge in [0.05, 0.1) is 34.9 Å². The second kappa shape index (κ2) is 5.64. The number of nitrogens with zero attached hydrogens (tertiary/aromatic N) is 2. The van der Waals surface area contributed by atoms with Crippen LogP contribution in [0.25, 0.3) is 0 Å². The Balaban J connectivity index is 2.31. The number of aryl methyl sites for hydroxylation is 2. The van der Waals surface area contributed by atoms with Crippen molar-refractivity contribution in [1.29, 1.82) is 0 Å². The summed E-state index contributed by atoms with van der Waals surface area (Å²) in [6, 6.07) is 5.22. The summed E-state index contributed by atoms with van der Waals surface area (Å²) in [6.45, 7) is 3.97. The summed E-state index contributed by atoms with van der Waals surface area (Å²) in [6.07, 6.45) is 1.85. The number of esters is 1. The number of aromatic nitrogens is 2. The van der Waals surface area contributed by atoms with Crippen molar-refractivity contribution >= 4 is 23.0 Å². The summed E-state index contributed by atoms with van der Waals surface area (Å²) in [5.41, 5.74) is 9.12. The molecule has 0 fully saturated rings. The molecule has 0 saturated heterocycles. The molecule has 3 N–H and O–H groups in total. The average molecular weight is 274 g/mol. The molecule has 0 atom stereocenters. The third-order valence-corrected chi connectivity index (χ3v) is 2.88. The van der Waals surface area contributed by atoms with E-state index in [1.165, 1.54) is 0 Å². The van der Waals surface area contributed by atoms with E-state index in [-0.39, 0.29) is 0 Å². The van der Waals surface area contributed by atoms with E-state index in [1.807, 2.05) is 26.2 Å². The molecule has 20 heavy (non-hydrogen) atoms. The topological polar surface area (TPSA) is 82.2 Å². The van der Waals surface area contributed by atoms with Crippen LogP contribution >= 0.6 is 0 Å². The second-order valence-electron chi connectivity index (χ2n) is 4.41. The summed E-state index contributed by atoms with van der Waals surface area (Å²) < 4.78 is 6.69. The zero-order chi connectivity index (χ0) is 14.7. The number of rotatable bonds is 4. The summed E-state index contributed by atoms with van der Waals surface area (Å²) in [4.78, 5) is 11.8. The van der Waals surface area contributed by atoms with Crippen molar-refractivity contribution in [3.8, 4) is 0 Å². The maximum absolute atomic E-state index is 11.8. The molecular weight excluding hydrogens is 256 g/mol. The number of hydrogen-bond acceptors (Lipinski definition) is 5. The summed E-state index contributed by atoms with van der Waals surface area (Å²) in [7, 11) is 1.84. The second-order valence-corrected chi connectivity index (χ2v) is 4.41. The quantitative estimate of drug-likeness (QED) is 0.660. The first-order chi connectivity index (χ1) is 9.52. The molecule has 0 amide bonds. The fraction of sp³-hybridized carbons (Fsp3) is 0.286. The van der Waals surface area contributed by atoms with E-state index < -0.39 is 5.97 Å². The lowest BCUT2D eigenvalue weighted by Gasteiger charge is -2.11. The molecule has 0 bridgehead atoms. The molecular formula is C14H18N4O2. The number of nitrogen functional groups attached to an aromatic ring is 1. The molecule has 0 unspecified atom stereocenters. The molecule has 106 valence electrons. The molecule has 2 rings (SSSR count). The first kappa shape index (κ1) is 13.9. The Bertz CT molecular complexity index is 634. The molecule has 0 aliphatic carbocycles. The lowest BCUT2D eigenvalue weighted by Crippen LogP contribution is -2.09. The van der Waals surface area contributed by atoms with Crippen molar-refractivity contribution in [2.75, 3.05) is 17.7 Å². The third kappa shape index (κ3) is 2.74. The van der Waals surface area contributed by atoms with E-state index >= 15 is 0 Å². The zero-order valence-corrected chi connectivity index (χ0v) is 11.8. The van der Waals surface area contributed by atoms with Crippen LogP contribution in [0.1, 0.15) is 23.0 Å². The number of hydrogen-bond donors (Lipinski definition) is 2. The molecule has 0 radical (unpaired) electrons. The normalized spacial score (nSPS) is 10.3. The van der Waals surface area contributed by atoms with Crippen LogP contribution in [-0.2, 0) is 11.8 Å². The van der Waals surface area contributed by atoms with Gasteiger partial charge in [0, 0.05) is 13.2 Å². The van der Waals surface area contributed by atoms with Gasteiger partial charge in [0.25, 0.3) is 0 Å². The van der Waals surface area contributed by atoms with E-state index in [4.69, 9.17) is 10.5 Å². The van der Waals surface area contributed by atoms with Gasteiger partial charge in [-0.1, -0.05) is 6.07 Å². The van der Waals surface area contributed by atoms with Crippen LogP contribution in [0.5, 0.6) is 0 Å². The summed E-state index contributed by atoms with van der Waals surface area (Å²) >= 11 is 0. The van der Waals surface area contributed by atoms with Gasteiger partial charge in [-0.3, -0.25) is 4.68 Å². The number of nitrogens with two attached hydrogens (primary N) is 1. The highest BCUT2D eigenvalue weighted by Crippen LogP contribution is 2.27. The zero-order valence-electron chi connectivity index (χ0n) is 11.8. The smallest absolute Gasteiger partial charge is 0.340 e. The SMILES string of the molecule is CCOC(=O)c1cccc(Nc2cn(C)nc2C)c1N.